The normalized spacial score (nSPS) is 19.2. The van der Waals surface area contributed by atoms with Gasteiger partial charge in [0, 0.05) is 38.8 Å². The maximum absolute atomic E-state index is 12.3. The van der Waals surface area contributed by atoms with E-state index < -0.39 is 5.60 Å². The Morgan fingerprint density at radius 3 is 2.32 bits per heavy atom. The molecule has 0 spiro atoms. The molecule has 1 atom stereocenters. The zero-order valence-electron chi connectivity index (χ0n) is 16.6. The number of aryl methyl sites for hydroxylation is 3. The fourth-order valence-electron chi connectivity index (χ4n) is 3.48. The van der Waals surface area contributed by atoms with Crippen LogP contribution >= 0.6 is 0 Å². The first-order chi connectivity index (χ1) is 11.6. The second kappa shape index (κ2) is 7.75. The molecular weight excluding hydrogens is 314 g/mol. The average molecular weight is 348 g/mol. The van der Waals surface area contributed by atoms with Crippen LogP contribution in [-0.2, 0) is 11.3 Å². The highest BCUT2D eigenvalue weighted by atomic mass is 16.6. The molecule has 0 radical (unpaired) electrons. The summed E-state index contributed by atoms with van der Waals surface area (Å²) in [6.07, 6.45) is -0.242. The largest absolute Gasteiger partial charge is 0.444 e. The highest BCUT2D eigenvalue weighted by Crippen LogP contribution is 2.22. The topological polar surface area (TPSA) is 58.8 Å². The number of carbonyl (C=O) groups excluding carboxylic acids is 1. The zero-order valence-corrected chi connectivity index (χ0v) is 16.6. The fraction of sp³-hybridized carbons (Fsp3) is 0.650. The predicted molar refractivity (Wildman–Crippen MR) is 102 cm³/mol. The SMILES string of the molecule is Cc1cc(C)c(CN2CCN(C(=O)OC(C)(C)C)CC2CN)c(C)c1. The Hall–Kier alpha value is -1.59. The minimum Gasteiger partial charge on any atom is -0.444 e. The van der Waals surface area contributed by atoms with Gasteiger partial charge in [0.05, 0.1) is 0 Å². The third-order valence-electron chi connectivity index (χ3n) is 4.73. The number of rotatable bonds is 3. The molecule has 1 aliphatic heterocycles. The molecule has 0 aliphatic carbocycles. The monoisotopic (exact) mass is 347 g/mol. The van der Waals surface area contributed by atoms with Gasteiger partial charge in [-0.05, 0) is 58.2 Å². The highest BCUT2D eigenvalue weighted by Gasteiger charge is 2.31. The summed E-state index contributed by atoms with van der Waals surface area (Å²) in [6, 6.07) is 4.62. The number of carbonyl (C=O) groups is 1. The lowest BCUT2D eigenvalue weighted by molar-refractivity contribution is 0.00347. The van der Waals surface area contributed by atoms with Crippen LogP contribution in [0.4, 0.5) is 4.79 Å². The van der Waals surface area contributed by atoms with Crippen LogP contribution < -0.4 is 5.73 Å². The molecule has 0 saturated carbocycles. The van der Waals surface area contributed by atoms with Crippen LogP contribution in [0.1, 0.15) is 43.0 Å². The quantitative estimate of drug-likeness (QED) is 0.913. The molecular formula is C20H33N3O2. The van der Waals surface area contributed by atoms with E-state index >= 15 is 0 Å². The Kier molecular flexibility index (Phi) is 6.12. The van der Waals surface area contributed by atoms with Crippen LogP contribution in [0.5, 0.6) is 0 Å². The fourth-order valence-corrected chi connectivity index (χ4v) is 3.48. The summed E-state index contributed by atoms with van der Waals surface area (Å²) in [4.78, 5) is 16.5. The van der Waals surface area contributed by atoms with Crippen molar-refractivity contribution in [2.24, 2.45) is 5.73 Å². The predicted octanol–water partition coefficient (Wildman–Crippen LogP) is 2.99. The molecule has 1 heterocycles. The maximum atomic E-state index is 12.3. The van der Waals surface area contributed by atoms with E-state index in [9.17, 15) is 4.79 Å². The van der Waals surface area contributed by atoms with Gasteiger partial charge in [-0.25, -0.2) is 4.79 Å². The number of ether oxygens (including phenoxy) is 1. The van der Waals surface area contributed by atoms with Crippen LogP contribution in [0.15, 0.2) is 12.1 Å². The van der Waals surface area contributed by atoms with Crippen molar-refractivity contribution in [3.8, 4) is 0 Å². The van der Waals surface area contributed by atoms with Gasteiger partial charge in [-0.2, -0.15) is 0 Å². The van der Waals surface area contributed by atoms with E-state index in [1.165, 1.54) is 22.3 Å². The smallest absolute Gasteiger partial charge is 0.410 e. The summed E-state index contributed by atoms with van der Waals surface area (Å²) >= 11 is 0. The van der Waals surface area contributed by atoms with E-state index in [0.29, 0.717) is 19.6 Å². The van der Waals surface area contributed by atoms with Crippen molar-refractivity contribution >= 4 is 6.09 Å². The molecule has 25 heavy (non-hydrogen) atoms. The molecule has 1 fully saturated rings. The van der Waals surface area contributed by atoms with Crippen LogP contribution in [-0.4, -0.2) is 53.7 Å². The van der Waals surface area contributed by atoms with E-state index in [1.807, 2.05) is 20.8 Å². The van der Waals surface area contributed by atoms with Gasteiger partial charge in [0.2, 0.25) is 0 Å². The Bertz CT molecular complexity index is 599. The second-order valence-electron chi connectivity index (χ2n) is 8.16. The van der Waals surface area contributed by atoms with Gasteiger partial charge < -0.3 is 15.4 Å². The number of hydrogen-bond donors (Lipinski definition) is 1. The van der Waals surface area contributed by atoms with Gasteiger partial charge >= 0.3 is 6.09 Å². The molecule has 1 amide bonds. The van der Waals surface area contributed by atoms with Gasteiger partial charge in [-0.15, -0.1) is 0 Å². The average Bonchev–Trinajstić information content (AvgIpc) is 2.49. The van der Waals surface area contributed by atoms with E-state index in [0.717, 1.165) is 13.1 Å². The Morgan fingerprint density at radius 2 is 1.80 bits per heavy atom. The van der Waals surface area contributed by atoms with Crippen LogP contribution in [0, 0.1) is 20.8 Å². The lowest BCUT2D eigenvalue weighted by Gasteiger charge is -2.41. The maximum Gasteiger partial charge on any atom is 0.410 e. The zero-order chi connectivity index (χ0) is 18.8. The standard InChI is InChI=1S/C20H33N3O2/c1-14-9-15(2)18(16(3)10-14)13-22-7-8-23(12-17(22)11-21)19(24)25-20(4,5)6/h9-10,17H,7-8,11-13,21H2,1-6H3. The molecule has 1 aromatic rings. The summed E-state index contributed by atoms with van der Waals surface area (Å²) in [5.74, 6) is 0. The van der Waals surface area contributed by atoms with Crippen molar-refractivity contribution in [3.05, 3.63) is 34.4 Å². The Balaban J connectivity index is 2.07. The minimum atomic E-state index is -0.470. The van der Waals surface area contributed by atoms with E-state index in [-0.39, 0.29) is 12.1 Å². The molecule has 1 aromatic carbocycles. The first-order valence-corrected chi connectivity index (χ1v) is 9.09. The van der Waals surface area contributed by atoms with Crippen molar-refractivity contribution < 1.29 is 9.53 Å². The lowest BCUT2D eigenvalue weighted by atomic mass is 9.98. The number of piperazine rings is 1. The van der Waals surface area contributed by atoms with Gasteiger partial charge in [-0.1, -0.05) is 17.7 Å². The first-order valence-electron chi connectivity index (χ1n) is 9.09. The number of benzene rings is 1. The van der Waals surface area contributed by atoms with E-state index in [4.69, 9.17) is 10.5 Å². The van der Waals surface area contributed by atoms with Gasteiger partial charge in [0.1, 0.15) is 5.60 Å². The Labute approximate surface area is 152 Å². The molecule has 1 aliphatic rings. The lowest BCUT2D eigenvalue weighted by Crippen LogP contribution is -2.57. The molecule has 2 rings (SSSR count). The molecule has 2 N–H and O–H groups in total. The van der Waals surface area contributed by atoms with E-state index in [2.05, 4.69) is 37.8 Å². The van der Waals surface area contributed by atoms with Crippen LogP contribution in [0.25, 0.3) is 0 Å². The van der Waals surface area contributed by atoms with Gasteiger partial charge in [-0.3, -0.25) is 4.90 Å². The number of nitrogens with zero attached hydrogens (tertiary/aromatic N) is 2. The van der Waals surface area contributed by atoms with Crippen molar-refractivity contribution in [1.29, 1.82) is 0 Å². The number of amides is 1. The molecule has 1 saturated heterocycles. The molecule has 0 aromatic heterocycles. The van der Waals surface area contributed by atoms with Crippen molar-refractivity contribution in [3.63, 3.8) is 0 Å². The second-order valence-corrected chi connectivity index (χ2v) is 8.16. The van der Waals surface area contributed by atoms with Gasteiger partial charge in [0.15, 0.2) is 0 Å². The van der Waals surface area contributed by atoms with Crippen LogP contribution in [0.2, 0.25) is 0 Å². The van der Waals surface area contributed by atoms with Crippen molar-refractivity contribution in [2.45, 2.75) is 59.7 Å². The van der Waals surface area contributed by atoms with Crippen molar-refractivity contribution in [1.82, 2.24) is 9.80 Å². The summed E-state index contributed by atoms with van der Waals surface area (Å²) < 4.78 is 5.50. The number of hydrogen-bond acceptors (Lipinski definition) is 4. The highest BCUT2D eigenvalue weighted by molar-refractivity contribution is 5.68. The van der Waals surface area contributed by atoms with Crippen molar-refractivity contribution in [2.75, 3.05) is 26.2 Å². The third kappa shape index (κ3) is 5.19. The molecule has 5 nitrogen and oxygen atoms in total. The van der Waals surface area contributed by atoms with Crippen LogP contribution in [0.3, 0.4) is 0 Å². The first kappa shape index (κ1) is 19.7. The third-order valence-corrected chi connectivity index (χ3v) is 4.73. The molecule has 5 heteroatoms. The summed E-state index contributed by atoms with van der Waals surface area (Å²) in [5, 5.41) is 0. The summed E-state index contributed by atoms with van der Waals surface area (Å²) in [6.45, 7) is 15.7. The number of nitrogens with two attached hydrogens (primary N) is 1. The van der Waals surface area contributed by atoms with Gasteiger partial charge in [0.25, 0.3) is 0 Å². The molecule has 0 bridgehead atoms. The Morgan fingerprint density at radius 1 is 1.20 bits per heavy atom. The summed E-state index contributed by atoms with van der Waals surface area (Å²) in [5.41, 5.74) is 10.9. The minimum absolute atomic E-state index is 0.154. The summed E-state index contributed by atoms with van der Waals surface area (Å²) in [7, 11) is 0. The molecule has 1 unspecified atom stereocenters. The molecule has 140 valence electrons. The van der Waals surface area contributed by atoms with E-state index in [1.54, 1.807) is 4.90 Å².